The molecular formula is C21H23NO. The average Bonchev–Trinajstić information content (AvgIpc) is 2.54. The highest BCUT2D eigenvalue weighted by Gasteiger charge is 2.38. The van der Waals surface area contributed by atoms with Crippen molar-refractivity contribution in [1.82, 2.24) is 0 Å². The molecule has 0 fully saturated rings. The van der Waals surface area contributed by atoms with Crippen LogP contribution in [0, 0.1) is 5.41 Å². The minimum absolute atomic E-state index is 0.0536. The number of allylic oxidation sites excluding steroid dienone is 2. The molecule has 0 bridgehead atoms. The Morgan fingerprint density at radius 2 is 1.70 bits per heavy atom. The maximum Gasteiger partial charge on any atom is 0.224 e. The Balaban J connectivity index is 2.09. The molecule has 0 spiro atoms. The van der Waals surface area contributed by atoms with Crippen LogP contribution in [-0.4, -0.2) is 5.91 Å². The van der Waals surface area contributed by atoms with Gasteiger partial charge in [-0.1, -0.05) is 69.3 Å². The van der Waals surface area contributed by atoms with Crippen molar-refractivity contribution in [3.05, 3.63) is 65.7 Å². The normalized spacial score (nSPS) is 16.0. The molecule has 118 valence electrons. The molecule has 0 aromatic heterocycles. The number of amides is 1. The van der Waals surface area contributed by atoms with Crippen LogP contribution in [0.4, 0.5) is 5.69 Å². The highest BCUT2D eigenvalue weighted by molar-refractivity contribution is 6.04. The van der Waals surface area contributed by atoms with E-state index in [9.17, 15) is 4.79 Å². The summed E-state index contributed by atoms with van der Waals surface area (Å²) in [6, 6.07) is 18.7. The first-order valence-electron chi connectivity index (χ1n) is 8.21. The summed E-state index contributed by atoms with van der Waals surface area (Å²) < 4.78 is 0. The summed E-state index contributed by atoms with van der Waals surface area (Å²) in [7, 11) is 0. The first-order valence-corrected chi connectivity index (χ1v) is 8.21. The van der Waals surface area contributed by atoms with Crippen LogP contribution in [0.3, 0.4) is 0 Å². The zero-order valence-electron chi connectivity index (χ0n) is 14.0. The zero-order chi connectivity index (χ0) is 16.4. The third-order valence-electron chi connectivity index (χ3n) is 4.51. The second kappa shape index (κ2) is 6.04. The second-order valence-corrected chi connectivity index (χ2v) is 6.73. The number of benzene rings is 2. The van der Waals surface area contributed by atoms with E-state index in [1.807, 2.05) is 31.2 Å². The number of para-hydroxylation sites is 1. The summed E-state index contributed by atoms with van der Waals surface area (Å²) in [5.74, 6) is 0.0536. The second-order valence-electron chi connectivity index (χ2n) is 6.73. The van der Waals surface area contributed by atoms with Crippen LogP contribution in [0.25, 0.3) is 11.1 Å². The standard InChI is InChI=1S/C21H23NO/c1-4-19(23)22-18-13-9-8-12-16(18)17-14-21(2,3)20(17)15-10-6-5-7-11-15/h5-13H,4,14H2,1-3H3,(H,22,23). The Kier molecular flexibility index (Phi) is 4.08. The van der Waals surface area contributed by atoms with Crippen molar-refractivity contribution in [3.8, 4) is 0 Å². The summed E-state index contributed by atoms with van der Waals surface area (Å²) >= 11 is 0. The summed E-state index contributed by atoms with van der Waals surface area (Å²) in [4.78, 5) is 11.8. The lowest BCUT2D eigenvalue weighted by Gasteiger charge is -2.42. The highest BCUT2D eigenvalue weighted by Crippen LogP contribution is 2.56. The number of carbonyl (C=O) groups is 1. The molecule has 0 saturated carbocycles. The van der Waals surface area contributed by atoms with E-state index >= 15 is 0 Å². The van der Waals surface area contributed by atoms with Gasteiger partial charge in [0.05, 0.1) is 0 Å². The van der Waals surface area contributed by atoms with E-state index in [2.05, 4.69) is 49.5 Å². The van der Waals surface area contributed by atoms with Crippen molar-refractivity contribution in [2.24, 2.45) is 5.41 Å². The maximum atomic E-state index is 11.8. The van der Waals surface area contributed by atoms with Crippen molar-refractivity contribution < 1.29 is 4.79 Å². The van der Waals surface area contributed by atoms with Gasteiger partial charge in [0.1, 0.15) is 0 Å². The Labute approximate surface area is 138 Å². The number of nitrogens with one attached hydrogen (secondary N) is 1. The number of rotatable bonds is 4. The third kappa shape index (κ3) is 2.94. The largest absolute Gasteiger partial charge is 0.326 e. The van der Waals surface area contributed by atoms with Crippen LogP contribution in [0.1, 0.15) is 44.7 Å². The molecule has 0 atom stereocenters. The first kappa shape index (κ1) is 15.5. The van der Waals surface area contributed by atoms with E-state index in [0.717, 1.165) is 17.7 Å². The van der Waals surface area contributed by atoms with Crippen molar-refractivity contribution in [2.45, 2.75) is 33.6 Å². The monoisotopic (exact) mass is 305 g/mol. The van der Waals surface area contributed by atoms with Crippen LogP contribution in [0.5, 0.6) is 0 Å². The van der Waals surface area contributed by atoms with Crippen LogP contribution in [0.2, 0.25) is 0 Å². The zero-order valence-corrected chi connectivity index (χ0v) is 14.0. The van der Waals surface area contributed by atoms with E-state index in [1.165, 1.54) is 16.7 Å². The van der Waals surface area contributed by atoms with Crippen molar-refractivity contribution >= 4 is 22.7 Å². The van der Waals surface area contributed by atoms with Crippen molar-refractivity contribution in [2.75, 3.05) is 5.32 Å². The fourth-order valence-electron chi connectivity index (χ4n) is 3.41. The van der Waals surface area contributed by atoms with Gasteiger partial charge in [0.2, 0.25) is 5.91 Å². The van der Waals surface area contributed by atoms with E-state index in [1.54, 1.807) is 0 Å². The van der Waals surface area contributed by atoms with Gasteiger partial charge in [-0.2, -0.15) is 0 Å². The fraction of sp³-hybridized carbons (Fsp3) is 0.286. The van der Waals surface area contributed by atoms with Gasteiger partial charge < -0.3 is 5.32 Å². The van der Waals surface area contributed by atoms with Crippen LogP contribution < -0.4 is 5.32 Å². The summed E-state index contributed by atoms with van der Waals surface area (Å²) in [6.07, 6.45) is 1.51. The predicted molar refractivity (Wildman–Crippen MR) is 97.0 cm³/mol. The lowest BCUT2D eigenvalue weighted by Crippen LogP contribution is -2.26. The topological polar surface area (TPSA) is 29.1 Å². The van der Waals surface area contributed by atoms with Gasteiger partial charge in [0.15, 0.2) is 0 Å². The molecule has 1 N–H and O–H groups in total. The van der Waals surface area contributed by atoms with Crippen LogP contribution in [-0.2, 0) is 4.79 Å². The lowest BCUT2D eigenvalue weighted by molar-refractivity contribution is -0.115. The van der Waals surface area contributed by atoms with E-state index in [4.69, 9.17) is 0 Å². The molecule has 1 amide bonds. The molecule has 2 aromatic carbocycles. The molecule has 1 aliphatic rings. The molecule has 1 aliphatic carbocycles. The summed E-state index contributed by atoms with van der Waals surface area (Å²) in [6.45, 7) is 6.44. The van der Waals surface area contributed by atoms with Gasteiger partial charge in [-0.25, -0.2) is 0 Å². The molecule has 2 nitrogen and oxygen atoms in total. The van der Waals surface area contributed by atoms with Gasteiger partial charge in [0, 0.05) is 17.7 Å². The predicted octanol–water partition coefficient (Wildman–Crippen LogP) is 5.38. The van der Waals surface area contributed by atoms with Gasteiger partial charge >= 0.3 is 0 Å². The Morgan fingerprint density at radius 1 is 1.04 bits per heavy atom. The van der Waals surface area contributed by atoms with E-state index in [0.29, 0.717) is 6.42 Å². The summed E-state index contributed by atoms with van der Waals surface area (Å²) in [5.41, 5.74) is 6.23. The van der Waals surface area contributed by atoms with Crippen LogP contribution >= 0.6 is 0 Å². The minimum Gasteiger partial charge on any atom is -0.326 e. The van der Waals surface area contributed by atoms with Gasteiger partial charge in [-0.3, -0.25) is 4.79 Å². The quantitative estimate of drug-likeness (QED) is 0.807. The van der Waals surface area contributed by atoms with Gasteiger partial charge in [0.25, 0.3) is 0 Å². The fourth-order valence-corrected chi connectivity index (χ4v) is 3.41. The van der Waals surface area contributed by atoms with E-state index in [-0.39, 0.29) is 11.3 Å². The van der Waals surface area contributed by atoms with Crippen molar-refractivity contribution in [3.63, 3.8) is 0 Å². The molecule has 2 aromatic rings. The molecule has 0 radical (unpaired) electrons. The SMILES string of the molecule is CCC(=O)Nc1ccccc1C1=C(c2ccccc2)C(C)(C)C1. The smallest absolute Gasteiger partial charge is 0.224 e. The molecule has 0 saturated heterocycles. The number of hydrogen-bond acceptors (Lipinski definition) is 1. The lowest BCUT2D eigenvalue weighted by atomic mass is 9.62. The Bertz CT molecular complexity index is 756. The first-order chi connectivity index (χ1) is 11.0. The minimum atomic E-state index is 0.0536. The molecule has 0 aliphatic heterocycles. The summed E-state index contributed by atoms with van der Waals surface area (Å²) in [5, 5.41) is 3.04. The Morgan fingerprint density at radius 3 is 2.35 bits per heavy atom. The number of carbonyl (C=O) groups excluding carboxylic acids is 1. The highest BCUT2D eigenvalue weighted by atomic mass is 16.1. The van der Waals surface area contributed by atoms with Crippen molar-refractivity contribution in [1.29, 1.82) is 0 Å². The van der Waals surface area contributed by atoms with Crippen LogP contribution in [0.15, 0.2) is 54.6 Å². The van der Waals surface area contributed by atoms with Gasteiger partial charge in [-0.05, 0) is 34.6 Å². The molecule has 3 rings (SSSR count). The molecular weight excluding hydrogens is 282 g/mol. The number of hydrogen-bond donors (Lipinski definition) is 1. The average molecular weight is 305 g/mol. The maximum absolute atomic E-state index is 11.8. The van der Waals surface area contributed by atoms with E-state index < -0.39 is 0 Å². The molecule has 23 heavy (non-hydrogen) atoms. The third-order valence-corrected chi connectivity index (χ3v) is 4.51. The molecule has 0 heterocycles. The Hall–Kier alpha value is -2.35. The number of anilines is 1. The molecule has 2 heteroatoms. The van der Waals surface area contributed by atoms with Gasteiger partial charge in [-0.15, -0.1) is 0 Å². The molecule has 0 unspecified atom stereocenters.